The highest BCUT2D eigenvalue weighted by molar-refractivity contribution is 5.90. The van der Waals surface area contributed by atoms with Gasteiger partial charge in [0.25, 0.3) is 0 Å². The normalized spacial score (nSPS) is 15.0. The van der Waals surface area contributed by atoms with Crippen LogP contribution in [-0.4, -0.2) is 67.7 Å². The third-order valence-corrected chi connectivity index (χ3v) is 4.04. The fraction of sp³-hybridized carbons (Fsp3) is 0.400. The van der Waals surface area contributed by atoms with Crippen LogP contribution >= 0.6 is 0 Å². The minimum atomic E-state index is -0.0199. The Labute approximate surface area is 143 Å². The molecule has 0 atom stereocenters. The van der Waals surface area contributed by atoms with Gasteiger partial charge in [0.1, 0.15) is 0 Å². The molecule has 4 heterocycles. The zero-order valence-corrected chi connectivity index (χ0v) is 13.5. The van der Waals surface area contributed by atoms with Crippen LogP contribution in [-0.2, 0) is 11.3 Å². The first kappa shape index (κ1) is 15.7. The Balaban J connectivity index is 1.88. The summed E-state index contributed by atoms with van der Waals surface area (Å²) in [6.45, 7) is 3.05. The molecule has 0 unspecified atom stereocenters. The van der Waals surface area contributed by atoms with Crippen LogP contribution < -0.4 is 10.6 Å². The quantitative estimate of drug-likeness (QED) is 0.656. The molecule has 1 aliphatic rings. The van der Waals surface area contributed by atoms with E-state index in [1.807, 2.05) is 0 Å². The SMILES string of the molecule is Nc1ncc(-c2nc(N3CCOCC3)nc3c2cnn3CCO)cn1. The van der Waals surface area contributed by atoms with Gasteiger partial charge in [-0.3, -0.25) is 0 Å². The number of nitrogens with two attached hydrogens (primary N) is 1. The number of ether oxygens (including phenoxy) is 1. The van der Waals surface area contributed by atoms with E-state index in [-0.39, 0.29) is 12.6 Å². The molecule has 3 aromatic heterocycles. The van der Waals surface area contributed by atoms with Crippen LogP contribution in [0, 0.1) is 0 Å². The highest BCUT2D eigenvalue weighted by atomic mass is 16.5. The number of fused-ring (bicyclic) bond motifs is 1. The van der Waals surface area contributed by atoms with Gasteiger partial charge in [-0.05, 0) is 0 Å². The van der Waals surface area contributed by atoms with Crippen LogP contribution in [0.3, 0.4) is 0 Å². The van der Waals surface area contributed by atoms with Crippen molar-refractivity contribution in [2.45, 2.75) is 6.54 Å². The summed E-state index contributed by atoms with van der Waals surface area (Å²) in [6, 6.07) is 0. The third-order valence-electron chi connectivity index (χ3n) is 4.04. The van der Waals surface area contributed by atoms with E-state index in [1.54, 1.807) is 23.3 Å². The molecule has 130 valence electrons. The lowest BCUT2D eigenvalue weighted by Crippen LogP contribution is -2.37. The van der Waals surface area contributed by atoms with E-state index in [0.29, 0.717) is 37.0 Å². The summed E-state index contributed by atoms with van der Waals surface area (Å²) in [7, 11) is 0. The lowest BCUT2D eigenvalue weighted by Gasteiger charge is -2.27. The van der Waals surface area contributed by atoms with Gasteiger partial charge in [-0.2, -0.15) is 10.1 Å². The van der Waals surface area contributed by atoms with E-state index in [9.17, 15) is 5.11 Å². The Hall–Kier alpha value is -2.85. The minimum absolute atomic E-state index is 0.0199. The van der Waals surface area contributed by atoms with Gasteiger partial charge in [0.05, 0.1) is 43.6 Å². The fourth-order valence-electron chi connectivity index (χ4n) is 2.79. The van der Waals surface area contributed by atoms with Crippen LogP contribution in [0.1, 0.15) is 0 Å². The van der Waals surface area contributed by atoms with E-state index < -0.39 is 0 Å². The van der Waals surface area contributed by atoms with Crippen LogP contribution in [0.4, 0.5) is 11.9 Å². The van der Waals surface area contributed by atoms with Crippen molar-refractivity contribution in [3.05, 3.63) is 18.6 Å². The van der Waals surface area contributed by atoms with Crippen LogP contribution in [0.15, 0.2) is 18.6 Å². The number of rotatable bonds is 4. The number of morpholine rings is 1. The largest absolute Gasteiger partial charge is 0.394 e. The molecule has 25 heavy (non-hydrogen) atoms. The number of hydrogen-bond donors (Lipinski definition) is 2. The van der Waals surface area contributed by atoms with Gasteiger partial charge in [-0.1, -0.05) is 0 Å². The van der Waals surface area contributed by atoms with E-state index in [2.05, 4.69) is 25.0 Å². The maximum Gasteiger partial charge on any atom is 0.228 e. The Morgan fingerprint density at radius 3 is 2.60 bits per heavy atom. The van der Waals surface area contributed by atoms with Gasteiger partial charge in [0.2, 0.25) is 11.9 Å². The molecule has 1 fully saturated rings. The van der Waals surface area contributed by atoms with Crippen molar-refractivity contribution in [1.29, 1.82) is 0 Å². The zero-order chi connectivity index (χ0) is 17.2. The maximum absolute atomic E-state index is 9.27. The molecule has 0 saturated carbocycles. The molecule has 0 bridgehead atoms. The van der Waals surface area contributed by atoms with Crippen LogP contribution in [0.25, 0.3) is 22.3 Å². The predicted octanol–water partition coefficient (Wildman–Crippen LogP) is -0.306. The summed E-state index contributed by atoms with van der Waals surface area (Å²) >= 11 is 0. The summed E-state index contributed by atoms with van der Waals surface area (Å²) in [4.78, 5) is 19.6. The number of hydrogen-bond acceptors (Lipinski definition) is 9. The van der Waals surface area contributed by atoms with Crippen molar-refractivity contribution in [3.63, 3.8) is 0 Å². The summed E-state index contributed by atoms with van der Waals surface area (Å²) < 4.78 is 7.07. The molecule has 3 N–H and O–H groups in total. The van der Waals surface area contributed by atoms with Crippen LogP contribution in [0.5, 0.6) is 0 Å². The molecular weight excluding hydrogens is 324 g/mol. The van der Waals surface area contributed by atoms with Crippen molar-refractivity contribution in [1.82, 2.24) is 29.7 Å². The van der Waals surface area contributed by atoms with E-state index in [0.717, 1.165) is 24.0 Å². The Morgan fingerprint density at radius 1 is 1.12 bits per heavy atom. The highest BCUT2D eigenvalue weighted by Gasteiger charge is 2.20. The van der Waals surface area contributed by atoms with Gasteiger partial charge < -0.3 is 20.5 Å². The van der Waals surface area contributed by atoms with Crippen molar-refractivity contribution < 1.29 is 9.84 Å². The monoisotopic (exact) mass is 342 g/mol. The van der Waals surface area contributed by atoms with Crippen molar-refractivity contribution in [2.75, 3.05) is 43.5 Å². The van der Waals surface area contributed by atoms with Crippen molar-refractivity contribution in [2.24, 2.45) is 0 Å². The second-order valence-electron chi connectivity index (χ2n) is 5.63. The third kappa shape index (κ3) is 2.96. The fourth-order valence-corrected chi connectivity index (χ4v) is 2.79. The number of nitrogen functional groups attached to an aromatic ring is 1. The van der Waals surface area contributed by atoms with Crippen molar-refractivity contribution >= 4 is 22.9 Å². The summed E-state index contributed by atoms with van der Waals surface area (Å²) in [6.07, 6.45) is 4.97. The molecule has 10 nitrogen and oxygen atoms in total. The molecule has 3 aromatic rings. The molecule has 0 aliphatic carbocycles. The summed E-state index contributed by atoms with van der Waals surface area (Å²) in [5, 5.41) is 14.4. The number of nitrogens with zero attached hydrogens (tertiary/aromatic N) is 7. The molecule has 0 spiro atoms. The average Bonchev–Trinajstić information content (AvgIpc) is 3.06. The predicted molar refractivity (Wildman–Crippen MR) is 90.9 cm³/mol. The molecule has 4 rings (SSSR count). The van der Waals surface area contributed by atoms with Crippen LogP contribution in [0.2, 0.25) is 0 Å². The summed E-state index contributed by atoms with van der Waals surface area (Å²) in [5.41, 5.74) is 7.68. The first-order valence-corrected chi connectivity index (χ1v) is 8.01. The topological polar surface area (TPSA) is 128 Å². The standard InChI is InChI=1S/C15H18N8O2/c16-14-17-7-10(8-18-14)12-11-9-19-23(1-4-24)13(11)21-15(20-12)22-2-5-25-6-3-22/h7-9,24H,1-6H2,(H2,16,17,18). The first-order valence-electron chi connectivity index (χ1n) is 8.01. The maximum atomic E-state index is 9.27. The van der Waals surface area contributed by atoms with Crippen molar-refractivity contribution in [3.8, 4) is 11.3 Å². The van der Waals surface area contributed by atoms with Gasteiger partial charge in [0.15, 0.2) is 5.65 Å². The minimum Gasteiger partial charge on any atom is -0.394 e. The average molecular weight is 342 g/mol. The Morgan fingerprint density at radius 2 is 1.88 bits per heavy atom. The Bertz CT molecular complexity index is 873. The van der Waals surface area contributed by atoms with Gasteiger partial charge in [-0.25, -0.2) is 19.6 Å². The van der Waals surface area contributed by atoms with Gasteiger partial charge in [0, 0.05) is 31.0 Å². The molecule has 0 amide bonds. The van der Waals surface area contributed by atoms with Gasteiger partial charge >= 0.3 is 0 Å². The zero-order valence-electron chi connectivity index (χ0n) is 13.5. The van der Waals surface area contributed by atoms with E-state index in [4.69, 9.17) is 15.5 Å². The van der Waals surface area contributed by atoms with Gasteiger partial charge in [-0.15, -0.1) is 0 Å². The molecule has 10 heteroatoms. The Kier molecular flexibility index (Phi) is 4.12. The lowest BCUT2D eigenvalue weighted by molar-refractivity contribution is 0.122. The highest BCUT2D eigenvalue weighted by Crippen LogP contribution is 2.28. The smallest absolute Gasteiger partial charge is 0.228 e. The number of aliphatic hydroxyl groups is 1. The van der Waals surface area contributed by atoms with E-state index >= 15 is 0 Å². The molecule has 1 aliphatic heterocycles. The first-order chi connectivity index (χ1) is 12.3. The number of aliphatic hydroxyl groups excluding tert-OH is 1. The molecule has 0 aromatic carbocycles. The second-order valence-corrected chi connectivity index (χ2v) is 5.63. The number of aromatic nitrogens is 6. The van der Waals surface area contributed by atoms with E-state index in [1.165, 1.54) is 0 Å². The molecule has 1 saturated heterocycles. The summed E-state index contributed by atoms with van der Waals surface area (Å²) in [5.74, 6) is 0.806. The lowest BCUT2D eigenvalue weighted by atomic mass is 10.2. The second kappa shape index (κ2) is 6.57. The number of anilines is 2. The molecule has 0 radical (unpaired) electrons. The molecular formula is C15H18N8O2.